The minimum atomic E-state index is -3.68. The van der Waals surface area contributed by atoms with Crippen LogP contribution < -0.4 is 14.8 Å². The smallest absolute Gasteiger partial charge is 0.258 e. The number of sulfonamides is 1. The summed E-state index contributed by atoms with van der Waals surface area (Å²) in [5.41, 5.74) is 1.88. The van der Waals surface area contributed by atoms with E-state index in [1.54, 1.807) is 6.92 Å². The molecule has 3 aromatic carbocycles. The summed E-state index contributed by atoms with van der Waals surface area (Å²) in [6.45, 7) is 2.06. The first-order chi connectivity index (χ1) is 14.4. The van der Waals surface area contributed by atoms with Crippen LogP contribution in [-0.4, -0.2) is 20.9 Å². The molecule has 0 unspecified atom stereocenters. The van der Waals surface area contributed by atoms with E-state index in [-0.39, 0.29) is 23.5 Å². The zero-order valence-corrected chi connectivity index (χ0v) is 17.4. The lowest BCUT2D eigenvalue weighted by atomic mass is 10.1. The fourth-order valence-electron chi connectivity index (χ4n) is 2.82. The Bertz CT molecular complexity index is 1050. The van der Waals surface area contributed by atoms with E-state index >= 15 is 0 Å². The molecule has 6 nitrogen and oxygen atoms in total. The van der Waals surface area contributed by atoms with Gasteiger partial charge in [0.25, 0.3) is 5.91 Å². The Kier molecular flexibility index (Phi) is 7.21. The number of rotatable bonds is 9. The van der Waals surface area contributed by atoms with Crippen molar-refractivity contribution in [3.05, 3.63) is 96.1 Å². The summed E-state index contributed by atoms with van der Waals surface area (Å²) in [6, 6.07) is 24.5. The zero-order valence-electron chi connectivity index (χ0n) is 16.6. The molecule has 2 N–H and O–H groups in total. The lowest BCUT2D eigenvalue weighted by molar-refractivity contribution is -0.123. The van der Waals surface area contributed by atoms with Crippen molar-refractivity contribution in [2.45, 2.75) is 24.4 Å². The summed E-state index contributed by atoms with van der Waals surface area (Å²) in [7, 11) is -3.68. The summed E-state index contributed by atoms with van der Waals surface area (Å²) in [4.78, 5) is 12.1. The summed E-state index contributed by atoms with van der Waals surface area (Å²) < 4.78 is 33.3. The number of benzene rings is 3. The molecular weight excluding hydrogens is 400 g/mol. The lowest BCUT2D eigenvalue weighted by Gasteiger charge is -2.15. The molecule has 0 fully saturated rings. The van der Waals surface area contributed by atoms with E-state index in [1.807, 2.05) is 60.7 Å². The Hall–Kier alpha value is -3.16. The molecule has 3 rings (SSSR count). The van der Waals surface area contributed by atoms with Crippen LogP contribution in [0.4, 0.5) is 0 Å². The van der Waals surface area contributed by atoms with Gasteiger partial charge in [-0.1, -0.05) is 60.7 Å². The van der Waals surface area contributed by atoms with Crippen molar-refractivity contribution < 1.29 is 17.9 Å². The van der Waals surface area contributed by atoms with Gasteiger partial charge >= 0.3 is 0 Å². The molecule has 0 aromatic heterocycles. The van der Waals surface area contributed by atoms with Crippen LogP contribution in [0.5, 0.6) is 5.75 Å². The Morgan fingerprint density at radius 1 is 0.900 bits per heavy atom. The fourth-order valence-corrected chi connectivity index (χ4v) is 4.05. The highest BCUT2D eigenvalue weighted by atomic mass is 32.2. The van der Waals surface area contributed by atoms with Crippen molar-refractivity contribution in [3.63, 3.8) is 0 Å². The molecule has 0 radical (unpaired) electrons. The average Bonchev–Trinajstić information content (AvgIpc) is 2.77. The van der Waals surface area contributed by atoms with Gasteiger partial charge in [-0.15, -0.1) is 0 Å². The topological polar surface area (TPSA) is 84.5 Å². The molecule has 0 spiro atoms. The molecular formula is C23H24N2O4S. The summed E-state index contributed by atoms with van der Waals surface area (Å²) in [5, 5.41) is 2.77. The minimum absolute atomic E-state index is 0.131. The highest BCUT2D eigenvalue weighted by Crippen LogP contribution is 2.19. The first kappa shape index (κ1) is 21.5. The molecule has 0 saturated heterocycles. The van der Waals surface area contributed by atoms with Gasteiger partial charge in [-0.05, 0) is 42.3 Å². The molecule has 0 aliphatic carbocycles. The van der Waals surface area contributed by atoms with Crippen LogP contribution in [0.2, 0.25) is 0 Å². The fraction of sp³-hybridized carbons (Fsp3) is 0.174. The van der Waals surface area contributed by atoms with Crippen LogP contribution in [0.15, 0.2) is 89.8 Å². The maximum atomic E-state index is 12.6. The zero-order chi connectivity index (χ0) is 21.4. The third kappa shape index (κ3) is 6.17. The summed E-state index contributed by atoms with van der Waals surface area (Å²) >= 11 is 0. The highest BCUT2D eigenvalue weighted by Gasteiger charge is 2.18. The van der Waals surface area contributed by atoms with Crippen LogP contribution >= 0.6 is 0 Å². The minimum Gasteiger partial charge on any atom is -0.484 e. The second-order valence-corrected chi connectivity index (χ2v) is 8.49. The van der Waals surface area contributed by atoms with E-state index in [9.17, 15) is 13.2 Å². The van der Waals surface area contributed by atoms with Crippen LogP contribution in [0.1, 0.15) is 24.1 Å². The monoisotopic (exact) mass is 424 g/mol. The third-order valence-corrected chi connectivity index (χ3v) is 6.02. The van der Waals surface area contributed by atoms with Gasteiger partial charge in [-0.25, -0.2) is 13.1 Å². The maximum Gasteiger partial charge on any atom is 0.258 e. The second-order valence-electron chi connectivity index (χ2n) is 6.78. The van der Waals surface area contributed by atoms with Gasteiger partial charge in [0.05, 0.1) is 4.90 Å². The van der Waals surface area contributed by atoms with Crippen molar-refractivity contribution in [2.24, 2.45) is 0 Å². The second kappa shape index (κ2) is 10.0. The quantitative estimate of drug-likeness (QED) is 0.551. The number of carbonyl (C=O) groups excluding carboxylic acids is 1. The Morgan fingerprint density at radius 3 is 2.13 bits per heavy atom. The van der Waals surface area contributed by atoms with Gasteiger partial charge in [0.2, 0.25) is 10.0 Å². The average molecular weight is 425 g/mol. The summed E-state index contributed by atoms with van der Waals surface area (Å²) in [5.74, 6) is 0.161. The first-order valence-electron chi connectivity index (χ1n) is 9.55. The molecule has 30 heavy (non-hydrogen) atoms. The number of carbonyl (C=O) groups is 1. The molecule has 0 aliphatic rings. The van der Waals surface area contributed by atoms with E-state index < -0.39 is 10.0 Å². The summed E-state index contributed by atoms with van der Waals surface area (Å²) in [6.07, 6.45) is 0. The van der Waals surface area contributed by atoms with E-state index in [2.05, 4.69) is 10.0 Å². The molecule has 1 amide bonds. The molecule has 0 aliphatic heterocycles. The Balaban J connectivity index is 1.52. The van der Waals surface area contributed by atoms with E-state index in [0.717, 1.165) is 11.1 Å². The van der Waals surface area contributed by atoms with Crippen LogP contribution in [0.3, 0.4) is 0 Å². The van der Waals surface area contributed by atoms with Gasteiger partial charge in [0, 0.05) is 12.6 Å². The van der Waals surface area contributed by atoms with Gasteiger partial charge in [0.15, 0.2) is 6.61 Å². The number of hydrogen-bond donors (Lipinski definition) is 2. The number of amides is 1. The molecule has 156 valence electrons. The van der Waals surface area contributed by atoms with Crippen molar-refractivity contribution in [2.75, 3.05) is 6.61 Å². The predicted octanol–water partition coefficient (Wildman–Crippen LogP) is 3.42. The third-order valence-electron chi connectivity index (χ3n) is 4.47. The van der Waals surface area contributed by atoms with E-state index in [1.165, 1.54) is 24.3 Å². The van der Waals surface area contributed by atoms with Crippen molar-refractivity contribution in [1.29, 1.82) is 0 Å². The van der Waals surface area contributed by atoms with Crippen LogP contribution in [-0.2, 0) is 21.4 Å². The van der Waals surface area contributed by atoms with Crippen LogP contribution in [0, 0.1) is 0 Å². The number of nitrogens with one attached hydrogen (secondary N) is 2. The number of ether oxygens (including phenoxy) is 1. The standard InChI is InChI=1S/C23H24N2O4S/c1-18(20-10-6-3-7-11-20)25-30(27,28)22-14-12-21(13-15-22)29-17-23(26)24-16-19-8-4-2-5-9-19/h2-15,18,25H,16-17H2,1H3,(H,24,26)/t18-/m0/s1. The Morgan fingerprint density at radius 2 is 1.50 bits per heavy atom. The largest absolute Gasteiger partial charge is 0.484 e. The van der Waals surface area contributed by atoms with Gasteiger partial charge < -0.3 is 10.1 Å². The predicted molar refractivity (Wildman–Crippen MR) is 115 cm³/mol. The van der Waals surface area contributed by atoms with E-state index in [0.29, 0.717) is 12.3 Å². The number of hydrogen-bond acceptors (Lipinski definition) is 4. The highest BCUT2D eigenvalue weighted by molar-refractivity contribution is 7.89. The molecule has 0 saturated carbocycles. The molecule has 0 heterocycles. The molecule has 7 heteroatoms. The molecule has 1 atom stereocenters. The van der Waals surface area contributed by atoms with Gasteiger partial charge in [-0.2, -0.15) is 0 Å². The first-order valence-corrected chi connectivity index (χ1v) is 11.0. The Labute approximate surface area is 177 Å². The normalized spacial score (nSPS) is 12.2. The SMILES string of the molecule is C[C@H](NS(=O)(=O)c1ccc(OCC(=O)NCc2ccccc2)cc1)c1ccccc1. The molecule has 3 aromatic rings. The van der Waals surface area contributed by atoms with Gasteiger partial charge in [-0.3, -0.25) is 4.79 Å². The van der Waals surface area contributed by atoms with Crippen molar-refractivity contribution >= 4 is 15.9 Å². The van der Waals surface area contributed by atoms with Gasteiger partial charge in [0.1, 0.15) is 5.75 Å². The van der Waals surface area contributed by atoms with Crippen molar-refractivity contribution in [3.8, 4) is 5.75 Å². The van der Waals surface area contributed by atoms with E-state index in [4.69, 9.17) is 4.74 Å². The lowest BCUT2D eigenvalue weighted by Crippen LogP contribution is -2.28. The van der Waals surface area contributed by atoms with Crippen molar-refractivity contribution in [1.82, 2.24) is 10.0 Å². The van der Waals surface area contributed by atoms with Crippen LogP contribution in [0.25, 0.3) is 0 Å². The maximum absolute atomic E-state index is 12.6. The molecule has 0 bridgehead atoms.